The summed E-state index contributed by atoms with van der Waals surface area (Å²) in [6, 6.07) is -0.179. The Kier molecular flexibility index (Phi) is 8.33. The summed E-state index contributed by atoms with van der Waals surface area (Å²) in [6.07, 6.45) is 18.4. The summed E-state index contributed by atoms with van der Waals surface area (Å²) < 4.78 is 22.3. The molecule has 5 nitrogen and oxygen atoms in total. The Morgan fingerprint density at radius 1 is 0.912 bits per heavy atom. The topological polar surface area (TPSA) is 66.2 Å². The lowest BCUT2D eigenvalue weighted by atomic mass is 9.73. The van der Waals surface area contributed by atoms with E-state index in [1.165, 1.54) is 11.1 Å². The molecular weight excluding hydrogens is 426 g/mol. The molecule has 0 saturated carbocycles. The molecule has 2 unspecified atom stereocenters. The van der Waals surface area contributed by atoms with E-state index in [-0.39, 0.29) is 28.4 Å². The lowest BCUT2D eigenvalue weighted by Crippen LogP contribution is -2.26. The van der Waals surface area contributed by atoms with Crippen molar-refractivity contribution < 1.29 is 18.9 Å². The summed E-state index contributed by atoms with van der Waals surface area (Å²) in [7, 11) is 1.69. The van der Waals surface area contributed by atoms with Crippen LogP contribution in [0.2, 0.25) is 0 Å². The van der Waals surface area contributed by atoms with E-state index in [2.05, 4.69) is 78.0 Å². The molecule has 2 atom stereocenters. The van der Waals surface area contributed by atoms with Crippen LogP contribution >= 0.6 is 0 Å². The maximum Gasteiger partial charge on any atom is 0.117 e. The van der Waals surface area contributed by atoms with Gasteiger partial charge in [-0.1, -0.05) is 71.4 Å². The molecule has 188 valence electrons. The Labute approximate surface area is 206 Å². The molecule has 1 heterocycles. The molecule has 5 heteroatoms. The minimum Gasteiger partial charge on any atom is -0.492 e. The fourth-order valence-corrected chi connectivity index (χ4v) is 4.29. The predicted molar refractivity (Wildman–Crippen MR) is 138 cm³/mol. The number of methoxy groups -OCH3 is 1. The molecule has 0 aromatic heterocycles. The number of allylic oxidation sites excluding steroid dienone is 8. The third-order valence-electron chi connectivity index (χ3n) is 6.31. The highest BCUT2D eigenvalue weighted by Crippen LogP contribution is 2.40. The van der Waals surface area contributed by atoms with Gasteiger partial charge in [-0.25, -0.2) is 0 Å². The number of epoxide rings is 1. The Morgan fingerprint density at radius 2 is 1.56 bits per heavy atom. The van der Waals surface area contributed by atoms with Crippen LogP contribution in [0.1, 0.15) is 48.0 Å². The van der Waals surface area contributed by atoms with Gasteiger partial charge in [-0.15, -0.1) is 0 Å². The third-order valence-corrected chi connectivity index (χ3v) is 6.31. The van der Waals surface area contributed by atoms with Crippen LogP contribution in [0.15, 0.2) is 71.3 Å². The first-order chi connectivity index (χ1) is 15.9. The summed E-state index contributed by atoms with van der Waals surface area (Å²) in [5.41, 5.74) is 8.75. The molecule has 0 spiro atoms. The van der Waals surface area contributed by atoms with E-state index in [9.17, 15) is 0 Å². The second-order valence-corrected chi connectivity index (χ2v) is 11.3. The third kappa shape index (κ3) is 8.00. The van der Waals surface area contributed by atoms with Crippen LogP contribution < -0.4 is 5.73 Å². The van der Waals surface area contributed by atoms with Gasteiger partial charge in [-0.05, 0) is 36.3 Å². The van der Waals surface area contributed by atoms with Crippen LogP contribution in [0.25, 0.3) is 0 Å². The Bertz CT molecular complexity index is 910. The van der Waals surface area contributed by atoms with Gasteiger partial charge in [0.25, 0.3) is 0 Å². The van der Waals surface area contributed by atoms with Gasteiger partial charge in [-0.2, -0.15) is 0 Å². The first kappa shape index (κ1) is 26.5. The molecule has 1 aliphatic heterocycles. The van der Waals surface area contributed by atoms with Gasteiger partial charge < -0.3 is 24.7 Å². The molecule has 0 aromatic carbocycles. The molecule has 0 aromatic rings. The van der Waals surface area contributed by atoms with Crippen LogP contribution in [0.5, 0.6) is 0 Å². The summed E-state index contributed by atoms with van der Waals surface area (Å²) in [5.74, 6) is 1.73. The van der Waals surface area contributed by atoms with Crippen molar-refractivity contribution in [3.63, 3.8) is 0 Å². The SMILES string of the molecule is COCCOC1=CC(C)(C)/C=C(/C/C2=C/C(C)(C)/C=C(OCC3CO3)\C=C/C2N)C(C)(C)C=C1. The molecule has 3 aliphatic rings. The number of rotatable bonds is 9. The molecule has 3 rings (SSSR count). The first-order valence-electron chi connectivity index (χ1n) is 12.3. The molecule has 2 N–H and O–H groups in total. The second-order valence-electron chi connectivity index (χ2n) is 11.3. The van der Waals surface area contributed by atoms with Crippen molar-refractivity contribution in [1.82, 2.24) is 0 Å². The lowest BCUT2D eigenvalue weighted by Gasteiger charge is -2.33. The van der Waals surface area contributed by atoms with Crippen LogP contribution in [-0.2, 0) is 18.9 Å². The van der Waals surface area contributed by atoms with E-state index in [1.54, 1.807) is 7.11 Å². The van der Waals surface area contributed by atoms with Crippen molar-refractivity contribution in [1.29, 1.82) is 0 Å². The van der Waals surface area contributed by atoms with E-state index in [1.807, 2.05) is 12.2 Å². The van der Waals surface area contributed by atoms with Crippen LogP contribution in [-0.4, -0.2) is 45.7 Å². The smallest absolute Gasteiger partial charge is 0.117 e. The molecule has 0 amide bonds. The highest BCUT2D eigenvalue weighted by atomic mass is 16.6. The van der Waals surface area contributed by atoms with E-state index in [0.717, 1.165) is 24.5 Å². The Morgan fingerprint density at radius 3 is 2.21 bits per heavy atom. The predicted octanol–water partition coefficient (Wildman–Crippen LogP) is 5.62. The first-order valence-corrected chi connectivity index (χ1v) is 12.3. The molecule has 1 saturated heterocycles. The standard InChI is InChI=1S/C29H43NO4/c1-27(2)15-21(26(30)9-8-23(17-27)33-19-25-20-34-25)14-22-16-28(3,4)18-24(32-13-12-31-7)10-11-29(22,5)6/h8-11,15-18,25-26H,12-14,19-20,30H2,1-7H3/b9-8-,11-10?,21-15-,22-16-,23-17+,24-18?. The van der Waals surface area contributed by atoms with Crippen LogP contribution in [0, 0.1) is 16.2 Å². The monoisotopic (exact) mass is 469 g/mol. The van der Waals surface area contributed by atoms with E-state index >= 15 is 0 Å². The maximum atomic E-state index is 6.68. The average molecular weight is 470 g/mol. The van der Waals surface area contributed by atoms with Crippen molar-refractivity contribution >= 4 is 0 Å². The molecule has 1 fully saturated rings. The summed E-state index contributed by atoms with van der Waals surface area (Å²) in [5, 5.41) is 0. The second kappa shape index (κ2) is 10.7. The minimum absolute atomic E-state index is 0.146. The van der Waals surface area contributed by atoms with Gasteiger partial charge in [0.05, 0.1) is 13.2 Å². The summed E-state index contributed by atoms with van der Waals surface area (Å²) >= 11 is 0. The number of nitrogens with two attached hydrogens (primary N) is 1. The maximum absolute atomic E-state index is 6.68. The number of hydrogen-bond acceptors (Lipinski definition) is 5. The van der Waals surface area contributed by atoms with E-state index < -0.39 is 0 Å². The zero-order valence-electron chi connectivity index (χ0n) is 22.0. The quantitative estimate of drug-likeness (QED) is 0.270. The zero-order chi connectivity index (χ0) is 25.0. The summed E-state index contributed by atoms with van der Waals surface area (Å²) in [4.78, 5) is 0. The van der Waals surface area contributed by atoms with Crippen molar-refractivity contribution in [2.24, 2.45) is 22.0 Å². The average Bonchev–Trinajstić information content (AvgIpc) is 3.55. The Balaban J connectivity index is 1.85. The van der Waals surface area contributed by atoms with E-state index in [0.29, 0.717) is 19.8 Å². The normalized spacial score (nSPS) is 32.7. The van der Waals surface area contributed by atoms with Crippen molar-refractivity contribution in [3.05, 3.63) is 71.3 Å². The van der Waals surface area contributed by atoms with Gasteiger partial charge >= 0.3 is 0 Å². The highest BCUT2D eigenvalue weighted by molar-refractivity contribution is 5.38. The molecule has 2 aliphatic carbocycles. The van der Waals surface area contributed by atoms with Crippen LogP contribution in [0.4, 0.5) is 0 Å². The molecule has 0 bridgehead atoms. The zero-order valence-corrected chi connectivity index (χ0v) is 22.0. The van der Waals surface area contributed by atoms with Crippen molar-refractivity contribution in [2.45, 2.75) is 60.1 Å². The lowest BCUT2D eigenvalue weighted by molar-refractivity contribution is 0.113. The fourth-order valence-electron chi connectivity index (χ4n) is 4.29. The van der Waals surface area contributed by atoms with Gasteiger partial charge in [-0.3, -0.25) is 0 Å². The highest BCUT2D eigenvalue weighted by Gasteiger charge is 2.29. The molecule has 34 heavy (non-hydrogen) atoms. The van der Waals surface area contributed by atoms with Gasteiger partial charge in [0.1, 0.15) is 30.8 Å². The number of hydrogen-bond donors (Lipinski definition) is 1. The Hall–Kier alpha value is -2.08. The van der Waals surface area contributed by atoms with Crippen molar-refractivity contribution in [3.8, 4) is 0 Å². The van der Waals surface area contributed by atoms with Crippen LogP contribution in [0.3, 0.4) is 0 Å². The summed E-state index contributed by atoms with van der Waals surface area (Å²) in [6.45, 7) is 15.8. The number of ether oxygens (including phenoxy) is 4. The van der Waals surface area contributed by atoms with Gasteiger partial charge in [0.15, 0.2) is 0 Å². The minimum atomic E-state index is -0.183. The van der Waals surface area contributed by atoms with Crippen molar-refractivity contribution in [2.75, 3.05) is 33.5 Å². The van der Waals surface area contributed by atoms with E-state index in [4.69, 9.17) is 24.7 Å². The molecular formula is C29H43NO4. The van der Waals surface area contributed by atoms with Gasteiger partial charge in [0, 0.05) is 29.4 Å². The fraction of sp³-hybridized carbons (Fsp3) is 0.586. The molecule has 0 radical (unpaired) electrons. The van der Waals surface area contributed by atoms with Gasteiger partial charge in [0.2, 0.25) is 0 Å². The largest absolute Gasteiger partial charge is 0.492 e.